The Hall–Kier alpha value is -0.600. The van der Waals surface area contributed by atoms with Gasteiger partial charge in [0.2, 0.25) is 0 Å². The van der Waals surface area contributed by atoms with Gasteiger partial charge in [0.1, 0.15) is 0 Å². The van der Waals surface area contributed by atoms with Crippen molar-refractivity contribution in [3.05, 3.63) is 29.0 Å². The van der Waals surface area contributed by atoms with Crippen molar-refractivity contribution in [3.8, 4) is 0 Å². The lowest BCUT2D eigenvalue weighted by atomic mass is 9.84. The Labute approximate surface area is 90.5 Å². The Morgan fingerprint density at radius 3 is 2.43 bits per heavy atom. The number of hydrogen-bond acceptors (Lipinski definition) is 2. The van der Waals surface area contributed by atoms with Gasteiger partial charge in [0.25, 0.3) is 0 Å². The number of halogens is 1. The molecule has 0 radical (unpaired) electrons. The van der Waals surface area contributed by atoms with E-state index in [1.807, 2.05) is 13.0 Å². The first kappa shape index (κ1) is 11.5. The predicted molar refractivity (Wildman–Crippen MR) is 60.5 cm³/mol. The molecule has 0 bridgehead atoms. The standard InChI is InChI=1S/C11H17ClN2/c1-7(2)11(8(3)13)9-4-5-14-6-10(9)12/h4-8,11H,13H2,1-3H3. The van der Waals surface area contributed by atoms with E-state index in [-0.39, 0.29) is 6.04 Å². The first-order valence-corrected chi connectivity index (χ1v) is 5.26. The molecule has 1 heterocycles. The Balaban J connectivity index is 3.05. The summed E-state index contributed by atoms with van der Waals surface area (Å²) in [5.74, 6) is 0.778. The molecule has 0 spiro atoms. The molecule has 2 unspecified atom stereocenters. The molecule has 1 aromatic rings. The van der Waals surface area contributed by atoms with Crippen molar-refractivity contribution in [2.45, 2.75) is 32.7 Å². The second-order valence-corrected chi connectivity index (χ2v) is 4.43. The molecule has 2 N–H and O–H groups in total. The van der Waals surface area contributed by atoms with Gasteiger partial charge in [0.05, 0.1) is 5.02 Å². The minimum absolute atomic E-state index is 0.106. The molecule has 0 aliphatic rings. The van der Waals surface area contributed by atoms with Crippen molar-refractivity contribution >= 4 is 11.6 Å². The van der Waals surface area contributed by atoms with Crippen LogP contribution in [0.15, 0.2) is 18.5 Å². The molecule has 1 aromatic heterocycles. The molecule has 3 heteroatoms. The van der Waals surface area contributed by atoms with Crippen molar-refractivity contribution in [2.75, 3.05) is 0 Å². The number of nitrogens with two attached hydrogens (primary N) is 1. The van der Waals surface area contributed by atoms with Crippen LogP contribution in [0.1, 0.15) is 32.3 Å². The van der Waals surface area contributed by atoms with Gasteiger partial charge < -0.3 is 5.73 Å². The van der Waals surface area contributed by atoms with Crippen LogP contribution in [0.5, 0.6) is 0 Å². The van der Waals surface area contributed by atoms with Crippen molar-refractivity contribution < 1.29 is 0 Å². The largest absolute Gasteiger partial charge is 0.327 e. The zero-order valence-corrected chi connectivity index (χ0v) is 9.62. The molecular formula is C11H17ClN2. The van der Waals surface area contributed by atoms with E-state index >= 15 is 0 Å². The van der Waals surface area contributed by atoms with Gasteiger partial charge in [-0.25, -0.2) is 0 Å². The summed E-state index contributed by atoms with van der Waals surface area (Å²) in [7, 11) is 0. The van der Waals surface area contributed by atoms with E-state index in [1.54, 1.807) is 12.4 Å². The molecule has 0 amide bonds. The molecule has 0 saturated carbocycles. The topological polar surface area (TPSA) is 38.9 Å². The van der Waals surface area contributed by atoms with Crippen LogP contribution in [0.4, 0.5) is 0 Å². The summed E-state index contributed by atoms with van der Waals surface area (Å²) in [5.41, 5.74) is 7.06. The van der Waals surface area contributed by atoms with Gasteiger partial charge in [0, 0.05) is 24.4 Å². The highest BCUT2D eigenvalue weighted by molar-refractivity contribution is 6.31. The summed E-state index contributed by atoms with van der Waals surface area (Å²) in [6.07, 6.45) is 3.44. The molecule has 78 valence electrons. The second kappa shape index (κ2) is 4.76. The van der Waals surface area contributed by atoms with Crippen molar-refractivity contribution in [1.29, 1.82) is 0 Å². The average molecular weight is 213 g/mol. The van der Waals surface area contributed by atoms with Crippen LogP contribution in [0.2, 0.25) is 5.02 Å². The van der Waals surface area contributed by atoms with E-state index in [2.05, 4.69) is 18.8 Å². The minimum Gasteiger partial charge on any atom is -0.327 e. The number of hydrogen-bond donors (Lipinski definition) is 1. The second-order valence-electron chi connectivity index (χ2n) is 4.03. The van der Waals surface area contributed by atoms with Crippen LogP contribution < -0.4 is 5.73 Å². The summed E-state index contributed by atoms with van der Waals surface area (Å²) >= 11 is 6.09. The number of pyridine rings is 1. The maximum Gasteiger partial charge on any atom is 0.0624 e. The molecule has 0 aliphatic carbocycles. The zero-order valence-electron chi connectivity index (χ0n) is 8.87. The van der Waals surface area contributed by atoms with Crippen LogP contribution in [0.3, 0.4) is 0 Å². The lowest BCUT2D eigenvalue weighted by Gasteiger charge is -2.25. The predicted octanol–water partition coefficient (Wildman–Crippen LogP) is 2.82. The Morgan fingerprint density at radius 2 is 2.00 bits per heavy atom. The summed E-state index contributed by atoms with van der Waals surface area (Å²) in [4.78, 5) is 3.97. The van der Waals surface area contributed by atoms with E-state index < -0.39 is 0 Å². The van der Waals surface area contributed by atoms with Crippen molar-refractivity contribution in [3.63, 3.8) is 0 Å². The van der Waals surface area contributed by atoms with E-state index in [1.165, 1.54) is 0 Å². The van der Waals surface area contributed by atoms with Gasteiger partial charge in [-0.05, 0) is 24.5 Å². The fourth-order valence-electron chi connectivity index (χ4n) is 1.91. The maximum atomic E-state index is 6.09. The SMILES string of the molecule is CC(C)C(c1ccncc1Cl)C(C)N. The molecule has 1 rings (SSSR count). The molecular weight excluding hydrogens is 196 g/mol. The monoisotopic (exact) mass is 212 g/mol. The van der Waals surface area contributed by atoms with Crippen molar-refractivity contribution in [1.82, 2.24) is 4.98 Å². The Bertz CT molecular complexity index is 289. The summed E-state index contributed by atoms with van der Waals surface area (Å²) in [5, 5.41) is 0.712. The average Bonchev–Trinajstić information content (AvgIpc) is 2.07. The Morgan fingerprint density at radius 1 is 1.36 bits per heavy atom. The highest BCUT2D eigenvalue weighted by atomic mass is 35.5. The first-order chi connectivity index (χ1) is 6.54. The van der Waals surface area contributed by atoms with Crippen LogP contribution in [-0.2, 0) is 0 Å². The molecule has 2 atom stereocenters. The first-order valence-electron chi connectivity index (χ1n) is 4.89. The smallest absolute Gasteiger partial charge is 0.0624 e. The molecule has 0 saturated heterocycles. The fourth-order valence-corrected chi connectivity index (χ4v) is 2.15. The van der Waals surface area contributed by atoms with E-state index in [4.69, 9.17) is 17.3 Å². The number of nitrogens with zero attached hydrogens (tertiary/aromatic N) is 1. The van der Waals surface area contributed by atoms with Gasteiger partial charge in [-0.1, -0.05) is 25.4 Å². The molecule has 0 aliphatic heterocycles. The third-order valence-corrected chi connectivity index (χ3v) is 2.76. The van der Waals surface area contributed by atoms with Gasteiger partial charge in [0.15, 0.2) is 0 Å². The molecule has 0 fully saturated rings. The van der Waals surface area contributed by atoms with Gasteiger partial charge in [-0.2, -0.15) is 0 Å². The normalized spacial score (nSPS) is 15.6. The lowest BCUT2D eigenvalue weighted by molar-refractivity contribution is 0.435. The summed E-state index contributed by atoms with van der Waals surface area (Å²) in [6.45, 7) is 6.33. The summed E-state index contributed by atoms with van der Waals surface area (Å²) in [6, 6.07) is 2.06. The van der Waals surface area contributed by atoms with Crippen LogP contribution in [0.25, 0.3) is 0 Å². The van der Waals surface area contributed by atoms with E-state index in [0.717, 1.165) is 5.56 Å². The molecule has 2 nitrogen and oxygen atoms in total. The number of aromatic nitrogens is 1. The van der Waals surface area contributed by atoms with Gasteiger partial charge in [-0.15, -0.1) is 0 Å². The lowest BCUT2D eigenvalue weighted by Crippen LogP contribution is -2.28. The maximum absolute atomic E-state index is 6.09. The third kappa shape index (κ3) is 2.46. The van der Waals surface area contributed by atoms with Crippen molar-refractivity contribution in [2.24, 2.45) is 11.7 Å². The van der Waals surface area contributed by atoms with Crippen LogP contribution >= 0.6 is 11.6 Å². The third-order valence-electron chi connectivity index (χ3n) is 2.45. The summed E-state index contributed by atoms with van der Waals surface area (Å²) < 4.78 is 0. The zero-order chi connectivity index (χ0) is 10.7. The van der Waals surface area contributed by atoms with Gasteiger partial charge in [-0.3, -0.25) is 4.98 Å². The fraction of sp³-hybridized carbons (Fsp3) is 0.545. The van der Waals surface area contributed by atoms with Gasteiger partial charge >= 0.3 is 0 Å². The highest BCUT2D eigenvalue weighted by Crippen LogP contribution is 2.31. The quantitative estimate of drug-likeness (QED) is 0.837. The molecule has 0 aromatic carbocycles. The Kier molecular flexibility index (Phi) is 3.90. The van der Waals surface area contributed by atoms with Crippen LogP contribution in [0, 0.1) is 5.92 Å². The van der Waals surface area contributed by atoms with E-state index in [9.17, 15) is 0 Å². The van der Waals surface area contributed by atoms with E-state index in [0.29, 0.717) is 16.9 Å². The highest BCUT2D eigenvalue weighted by Gasteiger charge is 2.21. The molecule has 14 heavy (non-hydrogen) atoms. The number of rotatable bonds is 3. The van der Waals surface area contributed by atoms with Crippen LogP contribution in [-0.4, -0.2) is 11.0 Å². The minimum atomic E-state index is 0.106.